The molecule has 1 aromatic rings. The predicted molar refractivity (Wildman–Crippen MR) is 90.3 cm³/mol. The van der Waals surface area contributed by atoms with Crippen LogP contribution < -0.4 is 0 Å². The van der Waals surface area contributed by atoms with Crippen molar-refractivity contribution in [2.45, 2.75) is 43.1 Å². The summed E-state index contributed by atoms with van der Waals surface area (Å²) in [5.41, 5.74) is 1.76. The zero-order valence-electron chi connectivity index (χ0n) is 13.4. The fourth-order valence-electron chi connectivity index (χ4n) is 3.95. The highest BCUT2D eigenvalue weighted by Gasteiger charge is 2.60. The average Bonchev–Trinajstić information content (AvgIpc) is 3.13. The highest BCUT2D eigenvalue weighted by Crippen LogP contribution is 2.56. The number of fused-ring (bicyclic) bond motifs is 2. The summed E-state index contributed by atoms with van der Waals surface area (Å²) in [5.74, 6) is -3.64. The number of aryl methyl sites for hydroxylation is 1. The maximum atomic E-state index is 14.2. The third kappa shape index (κ3) is 2.79. The largest absolute Gasteiger partial charge is 0.367 e. The van der Waals surface area contributed by atoms with Crippen molar-refractivity contribution in [3.05, 3.63) is 27.9 Å². The van der Waals surface area contributed by atoms with Crippen LogP contribution in [0.15, 0.2) is 16.6 Å². The molecule has 0 amide bonds. The zero-order chi connectivity index (χ0) is 16.9. The summed E-state index contributed by atoms with van der Waals surface area (Å²) in [4.78, 5) is 2.34. The molecule has 132 valence electrons. The molecule has 2 atom stereocenters. The van der Waals surface area contributed by atoms with E-state index in [1.165, 1.54) is 23.4 Å². The Morgan fingerprint density at radius 2 is 2.21 bits per heavy atom. The third-order valence-corrected chi connectivity index (χ3v) is 7.20. The van der Waals surface area contributed by atoms with Gasteiger partial charge in [-0.2, -0.15) is 5.10 Å². The standard InChI is InChI=1S/C16H20ClF2N3OS/c1-10-11(7-20-21-10)8-22-4-2-15(3-5-22)14-12(6-13(17)24-14)16(18,19)9-23-15/h6-7,12,14H,2-5,8-9H2,1H3,(H,20,21). The van der Waals surface area contributed by atoms with Gasteiger partial charge in [0.15, 0.2) is 0 Å². The van der Waals surface area contributed by atoms with Crippen molar-refractivity contribution in [2.24, 2.45) is 5.92 Å². The van der Waals surface area contributed by atoms with Gasteiger partial charge in [-0.15, -0.1) is 11.8 Å². The monoisotopic (exact) mass is 375 g/mol. The number of nitrogens with zero attached hydrogens (tertiary/aromatic N) is 2. The van der Waals surface area contributed by atoms with Crippen LogP contribution in [0.25, 0.3) is 0 Å². The number of ether oxygens (including phenoxy) is 1. The molecule has 0 aliphatic carbocycles. The first kappa shape index (κ1) is 16.8. The molecule has 2 saturated heterocycles. The minimum absolute atomic E-state index is 0.286. The van der Waals surface area contributed by atoms with E-state index in [2.05, 4.69) is 15.1 Å². The quantitative estimate of drug-likeness (QED) is 0.858. The highest BCUT2D eigenvalue weighted by molar-refractivity contribution is 8.05. The predicted octanol–water partition coefficient (Wildman–Crippen LogP) is 3.53. The summed E-state index contributed by atoms with van der Waals surface area (Å²) in [5, 5.41) is 6.72. The van der Waals surface area contributed by atoms with Gasteiger partial charge >= 0.3 is 0 Å². The van der Waals surface area contributed by atoms with E-state index < -0.39 is 24.0 Å². The van der Waals surface area contributed by atoms with E-state index >= 15 is 0 Å². The Morgan fingerprint density at radius 1 is 1.46 bits per heavy atom. The second-order valence-corrected chi connectivity index (χ2v) is 8.76. The van der Waals surface area contributed by atoms with Crippen LogP contribution in [-0.4, -0.2) is 51.6 Å². The van der Waals surface area contributed by atoms with Crippen molar-refractivity contribution in [2.75, 3.05) is 19.7 Å². The first-order chi connectivity index (χ1) is 11.4. The lowest BCUT2D eigenvalue weighted by atomic mass is 9.77. The van der Waals surface area contributed by atoms with Gasteiger partial charge in [0, 0.05) is 30.9 Å². The first-order valence-electron chi connectivity index (χ1n) is 8.17. The zero-order valence-corrected chi connectivity index (χ0v) is 15.0. The molecule has 3 aliphatic rings. The Kier molecular flexibility index (Phi) is 4.18. The number of alkyl halides is 2. The van der Waals surface area contributed by atoms with Gasteiger partial charge in [-0.3, -0.25) is 10.00 Å². The minimum Gasteiger partial charge on any atom is -0.367 e. The van der Waals surface area contributed by atoms with Crippen molar-refractivity contribution in [3.8, 4) is 0 Å². The van der Waals surface area contributed by atoms with Crippen LogP contribution >= 0.6 is 23.4 Å². The van der Waals surface area contributed by atoms with Crippen molar-refractivity contribution >= 4 is 23.4 Å². The second kappa shape index (κ2) is 5.97. The number of piperidine rings is 1. The second-order valence-electron chi connectivity index (χ2n) is 6.95. The molecular weight excluding hydrogens is 356 g/mol. The maximum absolute atomic E-state index is 14.2. The van der Waals surface area contributed by atoms with E-state index in [9.17, 15) is 8.78 Å². The lowest BCUT2D eigenvalue weighted by molar-refractivity contribution is -0.215. The van der Waals surface area contributed by atoms with Crippen molar-refractivity contribution in [1.82, 2.24) is 15.1 Å². The normalized spacial score (nSPS) is 31.9. The summed E-state index contributed by atoms with van der Waals surface area (Å²) in [6.45, 7) is 3.99. The molecule has 1 spiro atoms. The van der Waals surface area contributed by atoms with Crippen molar-refractivity contribution in [3.63, 3.8) is 0 Å². The van der Waals surface area contributed by atoms with Crippen LogP contribution in [0.4, 0.5) is 8.78 Å². The number of nitrogens with one attached hydrogen (secondary N) is 1. The number of likely N-dealkylation sites (tertiary alicyclic amines) is 1. The van der Waals surface area contributed by atoms with Gasteiger partial charge in [-0.05, 0) is 25.8 Å². The molecular formula is C16H20ClF2N3OS. The molecule has 1 aromatic heterocycles. The maximum Gasteiger partial charge on any atom is 0.278 e. The topological polar surface area (TPSA) is 41.2 Å². The van der Waals surface area contributed by atoms with Crippen LogP contribution in [0.2, 0.25) is 0 Å². The van der Waals surface area contributed by atoms with Gasteiger partial charge in [0.1, 0.15) is 6.61 Å². The number of hydrogen-bond donors (Lipinski definition) is 1. The number of aromatic nitrogens is 2. The Labute approximate surface area is 148 Å². The first-order valence-corrected chi connectivity index (χ1v) is 9.42. The van der Waals surface area contributed by atoms with E-state index in [0.29, 0.717) is 4.36 Å². The fourth-order valence-corrected chi connectivity index (χ4v) is 5.79. The lowest BCUT2D eigenvalue weighted by Crippen LogP contribution is -2.61. The van der Waals surface area contributed by atoms with Crippen LogP contribution in [0, 0.1) is 12.8 Å². The van der Waals surface area contributed by atoms with Crippen molar-refractivity contribution in [1.29, 1.82) is 0 Å². The molecule has 1 N–H and O–H groups in total. The molecule has 4 nitrogen and oxygen atoms in total. The molecule has 2 unspecified atom stereocenters. The van der Waals surface area contributed by atoms with Gasteiger partial charge in [0.05, 0.1) is 27.3 Å². The molecule has 3 aliphatic heterocycles. The summed E-state index contributed by atoms with van der Waals surface area (Å²) in [7, 11) is 0. The fraction of sp³-hybridized carbons (Fsp3) is 0.688. The average molecular weight is 376 g/mol. The molecule has 4 rings (SSSR count). The van der Waals surface area contributed by atoms with E-state index in [1.54, 1.807) is 0 Å². The molecule has 2 fully saturated rings. The van der Waals surface area contributed by atoms with E-state index in [1.807, 2.05) is 13.1 Å². The molecule has 4 heterocycles. The smallest absolute Gasteiger partial charge is 0.278 e. The summed E-state index contributed by atoms with van der Waals surface area (Å²) >= 11 is 7.43. The Balaban J connectivity index is 1.46. The molecule has 24 heavy (non-hydrogen) atoms. The van der Waals surface area contributed by atoms with Crippen LogP contribution in [0.5, 0.6) is 0 Å². The molecule has 0 saturated carbocycles. The van der Waals surface area contributed by atoms with E-state index in [4.69, 9.17) is 16.3 Å². The Bertz CT molecular complexity index is 658. The van der Waals surface area contributed by atoms with Gasteiger partial charge in [0.2, 0.25) is 0 Å². The molecule has 0 radical (unpaired) electrons. The van der Waals surface area contributed by atoms with Crippen LogP contribution in [0.1, 0.15) is 24.1 Å². The van der Waals surface area contributed by atoms with Gasteiger partial charge in [-0.25, -0.2) is 8.78 Å². The number of halogens is 3. The Morgan fingerprint density at radius 3 is 2.88 bits per heavy atom. The highest BCUT2D eigenvalue weighted by atomic mass is 35.5. The lowest BCUT2D eigenvalue weighted by Gasteiger charge is -2.51. The number of rotatable bonds is 2. The number of H-pyrrole nitrogens is 1. The van der Waals surface area contributed by atoms with Gasteiger partial charge < -0.3 is 4.74 Å². The van der Waals surface area contributed by atoms with E-state index in [-0.39, 0.29) is 5.25 Å². The van der Waals surface area contributed by atoms with Gasteiger partial charge in [-0.1, -0.05) is 11.6 Å². The summed E-state index contributed by atoms with van der Waals surface area (Å²) in [6.07, 6.45) is 4.89. The molecule has 8 heteroatoms. The molecule has 0 aromatic carbocycles. The Hall–Kier alpha value is -0.630. The number of thioether (sulfide) groups is 1. The SMILES string of the molecule is Cc1[nH]ncc1CN1CCC2(CC1)OCC(F)(F)C1C=C(Cl)SC12. The number of allylic oxidation sites excluding steroid dienone is 1. The molecule has 0 bridgehead atoms. The summed E-state index contributed by atoms with van der Waals surface area (Å²) in [6, 6.07) is 0. The minimum atomic E-state index is -2.83. The van der Waals surface area contributed by atoms with Crippen LogP contribution in [-0.2, 0) is 11.3 Å². The van der Waals surface area contributed by atoms with Crippen LogP contribution in [0.3, 0.4) is 0 Å². The third-order valence-electron chi connectivity index (χ3n) is 5.47. The number of hydrogen-bond acceptors (Lipinski definition) is 4. The van der Waals surface area contributed by atoms with E-state index in [0.717, 1.165) is 38.2 Å². The summed E-state index contributed by atoms with van der Waals surface area (Å²) < 4.78 is 34.6. The number of aromatic amines is 1. The van der Waals surface area contributed by atoms with Gasteiger partial charge in [0.25, 0.3) is 5.92 Å². The van der Waals surface area contributed by atoms with Crippen molar-refractivity contribution < 1.29 is 13.5 Å².